The summed E-state index contributed by atoms with van der Waals surface area (Å²) in [6, 6.07) is 8.05. The number of hydrogen-bond acceptors (Lipinski definition) is 6. The first-order valence-corrected chi connectivity index (χ1v) is 6.06. The summed E-state index contributed by atoms with van der Waals surface area (Å²) in [6.07, 6.45) is -0.858. The minimum absolute atomic E-state index is 0.0144. The summed E-state index contributed by atoms with van der Waals surface area (Å²) in [6.45, 7) is 0. The number of benzene rings is 2. The van der Waals surface area contributed by atoms with Crippen molar-refractivity contribution in [2.45, 2.75) is 6.35 Å². The number of anilines is 2. The molecule has 4 N–H and O–H groups in total. The fourth-order valence-electron chi connectivity index (χ4n) is 2.54. The van der Waals surface area contributed by atoms with E-state index in [9.17, 15) is 15.0 Å². The van der Waals surface area contributed by atoms with Crippen molar-refractivity contribution in [3.05, 3.63) is 40.8 Å². The van der Waals surface area contributed by atoms with Gasteiger partial charge in [-0.25, -0.2) is 4.79 Å². The molecule has 2 aromatic carbocycles. The van der Waals surface area contributed by atoms with Gasteiger partial charge in [0.25, 0.3) is 0 Å². The van der Waals surface area contributed by atoms with Crippen molar-refractivity contribution < 1.29 is 14.6 Å². The summed E-state index contributed by atoms with van der Waals surface area (Å²) in [5, 5.41) is 26.4. The van der Waals surface area contributed by atoms with E-state index in [0.29, 0.717) is 22.0 Å². The van der Waals surface area contributed by atoms with E-state index in [4.69, 9.17) is 4.42 Å². The van der Waals surface area contributed by atoms with Crippen LogP contribution in [0, 0.1) is 0 Å². The second-order valence-corrected chi connectivity index (χ2v) is 4.70. The summed E-state index contributed by atoms with van der Waals surface area (Å²) in [4.78, 5) is 11.9. The minimum atomic E-state index is -0.858. The van der Waals surface area contributed by atoms with Gasteiger partial charge in [-0.15, -0.1) is 0 Å². The molecule has 2 heterocycles. The van der Waals surface area contributed by atoms with E-state index in [1.807, 2.05) is 0 Å². The molecule has 1 atom stereocenters. The lowest BCUT2D eigenvalue weighted by Crippen LogP contribution is -2.20. The van der Waals surface area contributed by atoms with Crippen LogP contribution in [-0.4, -0.2) is 16.6 Å². The van der Waals surface area contributed by atoms with Gasteiger partial charge in [-0.3, -0.25) is 0 Å². The van der Waals surface area contributed by atoms with Crippen molar-refractivity contribution in [3.8, 4) is 5.75 Å². The Hall–Kier alpha value is -2.73. The van der Waals surface area contributed by atoms with Crippen LogP contribution in [0.5, 0.6) is 5.75 Å². The standard InChI is InChI=1S/C14H10N2O4/c17-6-1-2-7-8-4-10-11(16-14(19)15-10)5-12(8)20-13(18)9(7)3-6/h1-5,14-17,19H. The van der Waals surface area contributed by atoms with Gasteiger partial charge in [-0.1, -0.05) is 0 Å². The third-order valence-electron chi connectivity index (χ3n) is 3.42. The maximum atomic E-state index is 11.9. The normalized spacial score (nSPS) is 16.9. The molecule has 0 amide bonds. The molecule has 20 heavy (non-hydrogen) atoms. The zero-order valence-corrected chi connectivity index (χ0v) is 10.2. The van der Waals surface area contributed by atoms with E-state index in [-0.39, 0.29) is 5.75 Å². The van der Waals surface area contributed by atoms with Gasteiger partial charge >= 0.3 is 5.63 Å². The molecule has 0 aliphatic carbocycles. The molecule has 0 bridgehead atoms. The van der Waals surface area contributed by atoms with Crippen LogP contribution < -0.4 is 16.3 Å². The third-order valence-corrected chi connectivity index (χ3v) is 3.42. The molecule has 0 spiro atoms. The average Bonchev–Trinajstić information content (AvgIpc) is 2.76. The molecule has 0 radical (unpaired) electrons. The maximum Gasteiger partial charge on any atom is 0.344 e. The summed E-state index contributed by atoms with van der Waals surface area (Å²) in [7, 11) is 0. The molecule has 1 aliphatic rings. The Morgan fingerprint density at radius 3 is 2.55 bits per heavy atom. The Bertz CT molecular complexity index is 916. The Morgan fingerprint density at radius 1 is 1.00 bits per heavy atom. The first-order valence-electron chi connectivity index (χ1n) is 6.06. The highest BCUT2D eigenvalue weighted by Crippen LogP contribution is 2.35. The van der Waals surface area contributed by atoms with Crippen LogP contribution in [0.2, 0.25) is 0 Å². The van der Waals surface area contributed by atoms with Gasteiger partial charge in [-0.05, 0) is 24.3 Å². The Labute approximate surface area is 112 Å². The monoisotopic (exact) mass is 270 g/mol. The summed E-state index contributed by atoms with van der Waals surface area (Å²) in [5.74, 6) is 0.0144. The molecule has 6 heteroatoms. The highest BCUT2D eigenvalue weighted by molar-refractivity contribution is 6.07. The average molecular weight is 270 g/mol. The predicted octanol–water partition coefficient (Wildman–Crippen LogP) is 1.77. The molecule has 0 saturated carbocycles. The summed E-state index contributed by atoms with van der Waals surface area (Å²) in [5.41, 5.74) is 1.32. The van der Waals surface area contributed by atoms with E-state index in [1.54, 1.807) is 18.2 Å². The third kappa shape index (κ3) is 1.45. The Morgan fingerprint density at radius 2 is 1.75 bits per heavy atom. The van der Waals surface area contributed by atoms with E-state index < -0.39 is 12.0 Å². The lowest BCUT2D eigenvalue weighted by Gasteiger charge is -2.05. The van der Waals surface area contributed by atoms with Gasteiger partial charge in [0, 0.05) is 16.8 Å². The van der Waals surface area contributed by atoms with E-state index in [1.165, 1.54) is 12.1 Å². The van der Waals surface area contributed by atoms with Crippen molar-refractivity contribution in [2.24, 2.45) is 0 Å². The number of aliphatic hydroxyl groups excluding tert-OH is 1. The number of phenols is 1. The molecular formula is C14H10N2O4. The van der Waals surface area contributed by atoms with Gasteiger partial charge in [-0.2, -0.15) is 0 Å². The molecule has 4 rings (SSSR count). The zero-order valence-electron chi connectivity index (χ0n) is 10.2. The smallest absolute Gasteiger partial charge is 0.344 e. The fraction of sp³-hybridized carbons (Fsp3) is 0.0714. The quantitative estimate of drug-likeness (QED) is 0.367. The van der Waals surface area contributed by atoms with E-state index in [0.717, 1.165) is 11.1 Å². The Balaban J connectivity index is 2.15. The zero-order chi connectivity index (χ0) is 13.9. The van der Waals surface area contributed by atoms with Gasteiger partial charge in [0.1, 0.15) is 11.3 Å². The molecular weight excluding hydrogens is 260 g/mol. The highest BCUT2D eigenvalue weighted by Gasteiger charge is 2.19. The topological polar surface area (TPSA) is 94.7 Å². The van der Waals surface area contributed by atoms with Crippen LogP contribution in [0.3, 0.4) is 0 Å². The molecule has 6 nitrogen and oxygen atoms in total. The lowest BCUT2D eigenvalue weighted by molar-refractivity contribution is 0.238. The number of nitrogens with one attached hydrogen (secondary N) is 2. The van der Waals surface area contributed by atoms with Crippen molar-refractivity contribution in [1.29, 1.82) is 0 Å². The molecule has 100 valence electrons. The van der Waals surface area contributed by atoms with Crippen LogP contribution in [0.4, 0.5) is 11.4 Å². The largest absolute Gasteiger partial charge is 0.508 e. The fourth-order valence-corrected chi connectivity index (χ4v) is 2.54. The number of hydrogen-bond donors (Lipinski definition) is 4. The number of aromatic hydroxyl groups is 1. The number of rotatable bonds is 0. The van der Waals surface area contributed by atoms with Crippen molar-refractivity contribution in [3.63, 3.8) is 0 Å². The second kappa shape index (κ2) is 3.64. The Kier molecular flexibility index (Phi) is 2.03. The van der Waals surface area contributed by atoms with Crippen LogP contribution >= 0.6 is 0 Å². The summed E-state index contributed by atoms with van der Waals surface area (Å²) >= 11 is 0. The summed E-state index contributed by atoms with van der Waals surface area (Å²) < 4.78 is 5.27. The van der Waals surface area contributed by atoms with Crippen LogP contribution in [-0.2, 0) is 0 Å². The van der Waals surface area contributed by atoms with Gasteiger partial charge in [0.15, 0.2) is 0 Å². The molecule has 1 unspecified atom stereocenters. The van der Waals surface area contributed by atoms with Crippen molar-refractivity contribution >= 4 is 33.1 Å². The van der Waals surface area contributed by atoms with Crippen molar-refractivity contribution in [1.82, 2.24) is 0 Å². The van der Waals surface area contributed by atoms with Gasteiger partial charge in [0.2, 0.25) is 6.35 Å². The SMILES string of the molecule is O=c1oc2cc3c(cc2c2ccc(O)cc12)NC(O)N3. The van der Waals surface area contributed by atoms with E-state index in [2.05, 4.69) is 10.6 Å². The number of phenolic OH excluding ortho intramolecular Hbond substituents is 1. The first kappa shape index (κ1) is 11.1. The van der Waals surface area contributed by atoms with Crippen LogP contribution in [0.1, 0.15) is 0 Å². The van der Waals surface area contributed by atoms with Gasteiger partial charge < -0.3 is 25.3 Å². The minimum Gasteiger partial charge on any atom is -0.508 e. The highest BCUT2D eigenvalue weighted by atomic mass is 16.4. The van der Waals surface area contributed by atoms with E-state index >= 15 is 0 Å². The second-order valence-electron chi connectivity index (χ2n) is 4.70. The molecule has 1 aromatic heterocycles. The van der Waals surface area contributed by atoms with Crippen LogP contribution in [0.25, 0.3) is 21.7 Å². The maximum absolute atomic E-state index is 11.9. The van der Waals surface area contributed by atoms with Crippen LogP contribution in [0.15, 0.2) is 39.5 Å². The molecule has 0 saturated heterocycles. The predicted molar refractivity (Wildman–Crippen MR) is 74.9 cm³/mol. The number of fused-ring (bicyclic) bond motifs is 4. The number of aliphatic hydroxyl groups is 1. The molecule has 0 fully saturated rings. The van der Waals surface area contributed by atoms with Gasteiger partial charge in [0.05, 0.1) is 16.8 Å². The van der Waals surface area contributed by atoms with Crippen molar-refractivity contribution in [2.75, 3.05) is 10.6 Å². The lowest BCUT2D eigenvalue weighted by atomic mass is 10.1. The first-order chi connectivity index (χ1) is 9.61. The molecule has 1 aliphatic heterocycles. The molecule has 3 aromatic rings.